The summed E-state index contributed by atoms with van der Waals surface area (Å²) in [5, 5.41) is 40.9. The number of carbonyl (C=O) groups excluding carboxylic acids is 7. The van der Waals surface area contributed by atoms with Gasteiger partial charge in [-0.1, -0.05) is 133 Å². The minimum atomic E-state index is -1.41. The number of nitrogens with two attached hydrogens (primary N) is 2. The van der Waals surface area contributed by atoms with E-state index in [-0.39, 0.29) is 51.5 Å². The number of fused-ring (bicyclic) bond motifs is 1. The number of aromatic nitrogens is 1. The summed E-state index contributed by atoms with van der Waals surface area (Å²) in [7, 11) is 0. The van der Waals surface area contributed by atoms with E-state index in [9.17, 15) is 39.0 Å². The maximum atomic E-state index is 15.0. The molecule has 0 bridgehead atoms. The van der Waals surface area contributed by atoms with Gasteiger partial charge >= 0.3 is 0 Å². The van der Waals surface area contributed by atoms with Crippen LogP contribution in [0.4, 0.5) is 0 Å². The molecule has 0 saturated carbocycles. The van der Waals surface area contributed by atoms with E-state index >= 15 is 4.79 Å². The van der Waals surface area contributed by atoms with Crippen LogP contribution in [0.2, 0.25) is 0 Å². The van der Waals surface area contributed by atoms with Gasteiger partial charge in [-0.25, -0.2) is 0 Å². The number of aliphatic hydroxyl groups is 2. The van der Waals surface area contributed by atoms with Gasteiger partial charge in [-0.2, -0.15) is 0 Å². The molecule has 0 fully saturated rings. The third kappa shape index (κ3) is 18.9. The molecule has 83 heavy (non-hydrogen) atoms. The van der Waals surface area contributed by atoms with Gasteiger partial charge in [-0.05, 0) is 98.0 Å². The molecule has 0 aliphatic carbocycles. The second-order valence-electron chi connectivity index (χ2n) is 20.8. The van der Waals surface area contributed by atoms with Crippen molar-refractivity contribution in [3.63, 3.8) is 0 Å². The lowest BCUT2D eigenvalue weighted by Crippen LogP contribution is -2.61. The summed E-state index contributed by atoms with van der Waals surface area (Å²) in [5.74, 6) is -4.75. The summed E-state index contributed by atoms with van der Waals surface area (Å²) < 4.78 is 6.01. The Labute approximate surface area is 483 Å². The number of benzene rings is 5. The standard InChI is InChI=1S/C63H76N10O10/c1-40(75)56(38-74)73-60(79)51-26-14-13-25-50(67-57(76)48(65)33-41-17-5-2-6-18-41)58(77)70-53(34-42-19-7-3-8-20-42)62(81)72-55(36-45-37-66-49-24-12-11-23-47(45)49)63(82)69-52(27-15-16-32-64)59(78)71-54(61(80)68-51)35-43-28-30-46(31-29-43)83-39-44-21-9-4-10-22-44/h2-14,17-24,28-31,37,40,48,50-56,66,74-75H,15-16,25-27,32-36,38-39,64-65H2,1H3,(H,67,76)(H,68,80)(H,69,82)(H,70,77)(H,71,78)(H,72,81)(H,73,79)/b14-13-/t40-,48-,50+,51+,52+,53+,54-,55-,56-/m1/s1. The van der Waals surface area contributed by atoms with E-state index in [1.165, 1.54) is 19.1 Å². The predicted octanol–water partition coefficient (Wildman–Crippen LogP) is 2.59. The van der Waals surface area contributed by atoms with Crippen molar-refractivity contribution in [1.29, 1.82) is 0 Å². The summed E-state index contributed by atoms with van der Waals surface area (Å²) in [5.41, 5.74) is 16.8. The molecule has 20 nitrogen and oxygen atoms in total. The van der Waals surface area contributed by atoms with E-state index in [1.807, 2.05) is 84.9 Å². The van der Waals surface area contributed by atoms with Gasteiger partial charge in [0.2, 0.25) is 41.4 Å². The summed E-state index contributed by atoms with van der Waals surface area (Å²) in [6.45, 7) is 1.31. The molecule has 14 N–H and O–H groups in total. The number of hydrogen-bond acceptors (Lipinski definition) is 12. The molecule has 0 unspecified atom stereocenters. The van der Waals surface area contributed by atoms with E-state index in [1.54, 1.807) is 60.8 Å². The zero-order chi connectivity index (χ0) is 59.1. The molecule has 7 rings (SSSR count). The van der Waals surface area contributed by atoms with Gasteiger partial charge in [0, 0.05) is 36.4 Å². The number of rotatable bonds is 21. The molecule has 0 spiro atoms. The van der Waals surface area contributed by atoms with Crippen LogP contribution in [-0.4, -0.2) is 124 Å². The molecular weight excluding hydrogens is 1060 g/mol. The van der Waals surface area contributed by atoms with Gasteiger partial charge in [0.25, 0.3) is 0 Å². The van der Waals surface area contributed by atoms with Crippen LogP contribution < -0.4 is 53.4 Å². The van der Waals surface area contributed by atoms with E-state index in [0.29, 0.717) is 41.9 Å². The quantitative estimate of drug-likeness (QED) is 0.0366. The number of H-pyrrole nitrogens is 1. The SMILES string of the molecule is C[C@@H](O)[C@@H](CO)NC(=O)[C@@H]1C/C=C\C[C@H](NC(=O)[C@H](N)Cc2ccccc2)C(=O)N[C@@H](Cc2ccccc2)C(=O)N[C@H](Cc2c[nH]c3ccccc23)C(=O)N[C@@H](CCCCN)C(=O)N[C@H](Cc2ccc(OCc3ccccc3)cc2)C(=O)N1. The number of amides is 7. The zero-order valence-corrected chi connectivity index (χ0v) is 46.5. The van der Waals surface area contributed by atoms with Crippen LogP contribution in [0.1, 0.15) is 66.8 Å². The van der Waals surface area contributed by atoms with Crippen LogP contribution in [0, 0.1) is 0 Å². The largest absolute Gasteiger partial charge is 0.489 e. The predicted molar refractivity (Wildman–Crippen MR) is 315 cm³/mol. The molecule has 1 aliphatic heterocycles. The first-order chi connectivity index (χ1) is 40.2. The molecule has 438 valence electrons. The minimum absolute atomic E-state index is 0.0450. The number of aliphatic hydroxyl groups excluding tert-OH is 2. The van der Waals surface area contributed by atoms with E-state index in [0.717, 1.165) is 22.0 Å². The maximum absolute atomic E-state index is 15.0. The van der Waals surface area contributed by atoms with Crippen LogP contribution >= 0.6 is 0 Å². The first-order valence-corrected chi connectivity index (χ1v) is 28.1. The normalized spacial score (nSPS) is 20.9. The number of ether oxygens (including phenoxy) is 1. The van der Waals surface area contributed by atoms with Gasteiger partial charge in [-0.3, -0.25) is 33.6 Å². The van der Waals surface area contributed by atoms with Gasteiger partial charge < -0.3 is 68.6 Å². The van der Waals surface area contributed by atoms with Gasteiger partial charge in [0.15, 0.2) is 0 Å². The van der Waals surface area contributed by atoms with Crippen molar-refractivity contribution in [3.8, 4) is 5.75 Å². The van der Waals surface area contributed by atoms with Crippen molar-refractivity contribution in [2.24, 2.45) is 11.5 Å². The Morgan fingerprint density at radius 1 is 0.627 bits per heavy atom. The highest BCUT2D eigenvalue weighted by atomic mass is 16.5. The number of aromatic amines is 1. The Morgan fingerprint density at radius 2 is 1.16 bits per heavy atom. The molecule has 1 aromatic heterocycles. The first kappa shape index (κ1) is 61.9. The van der Waals surface area contributed by atoms with Crippen LogP contribution in [0.5, 0.6) is 5.75 Å². The average Bonchev–Trinajstić information content (AvgIpc) is 4.19. The highest BCUT2D eigenvalue weighted by Gasteiger charge is 2.35. The highest BCUT2D eigenvalue weighted by Crippen LogP contribution is 2.21. The highest BCUT2D eigenvalue weighted by molar-refractivity contribution is 5.98. The Bertz CT molecular complexity index is 3110. The van der Waals surface area contributed by atoms with E-state index in [4.69, 9.17) is 16.2 Å². The van der Waals surface area contributed by atoms with Crippen molar-refractivity contribution in [1.82, 2.24) is 42.2 Å². The third-order valence-corrected chi connectivity index (χ3v) is 14.4. The molecule has 1 aliphatic rings. The van der Waals surface area contributed by atoms with E-state index in [2.05, 4.69) is 42.2 Å². The molecule has 5 aromatic carbocycles. The molecule has 0 saturated heterocycles. The Kier molecular flexibility index (Phi) is 23.5. The average molecular weight is 1130 g/mol. The first-order valence-electron chi connectivity index (χ1n) is 28.1. The van der Waals surface area contributed by atoms with Crippen molar-refractivity contribution < 1.29 is 48.5 Å². The van der Waals surface area contributed by atoms with Crippen LogP contribution in [-0.2, 0) is 65.9 Å². The second-order valence-corrected chi connectivity index (χ2v) is 20.8. The fourth-order valence-electron chi connectivity index (χ4n) is 9.59. The van der Waals surface area contributed by atoms with Gasteiger partial charge in [0.05, 0.1) is 24.8 Å². The fourth-order valence-corrected chi connectivity index (χ4v) is 9.59. The second kappa shape index (κ2) is 31.5. The third-order valence-electron chi connectivity index (χ3n) is 14.4. The van der Waals surface area contributed by atoms with Crippen molar-refractivity contribution in [2.45, 2.75) is 126 Å². The lowest BCUT2D eigenvalue weighted by molar-refractivity contribution is -0.135. The molecule has 7 amide bonds. The molecular formula is C63H76N10O10. The molecule has 9 atom stereocenters. The Hall–Kier alpha value is -8.69. The number of nitrogens with one attached hydrogen (secondary N) is 8. The van der Waals surface area contributed by atoms with E-state index < -0.39 is 102 Å². The van der Waals surface area contributed by atoms with Crippen molar-refractivity contribution >= 4 is 52.3 Å². The van der Waals surface area contributed by atoms with Crippen molar-refractivity contribution in [3.05, 3.63) is 186 Å². The smallest absolute Gasteiger partial charge is 0.243 e. The molecule has 0 radical (unpaired) electrons. The fraction of sp³-hybridized carbons (Fsp3) is 0.349. The zero-order valence-electron chi connectivity index (χ0n) is 46.5. The van der Waals surface area contributed by atoms with Gasteiger partial charge in [-0.15, -0.1) is 0 Å². The number of carbonyl (C=O) groups is 7. The molecule has 6 aromatic rings. The summed E-state index contributed by atoms with van der Waals surface area (Å²) >= 11 is 0. The Balaban J connectivity index is 1.28. The van der Waals surface area contributed by atoms with Crippen LogP contribution in [0.15, 0.2) is 158 Å². The Morgan fingerprint density at radius 3 is 1.78 bits per heavy atom. The monoisotopic (exact) mass is 1130 g/mol. The lowest BCUT2D eigenvalue weighted by atomic mass is 10.00. The van der Waals surface area contributed by atoms with Crippen LogP contribution in [0.3, 0.4) is 0 Å². The topological polar surface area (TPSA) is 321 Å². The van der Waals surface area contributed by atoms with Crippen molar-refractivity contribution in [2.75, 3.05) is 13.2 Å². The minimum Gasteiger partial charge on any atom is -0.489 e. The molecule has 2 heterocycles. The number of hydrogen-bond donors (Lipinski definition) is 12. The number of unbranched alkanes of at least 4 members (excludes halogenated alkanes) is 1. The van der Waals surface area contributed by atoms with Crippen LogP contribution in [0.25, 0.3) is 10.9 Å². The summed E-state index contributed by atoms with van der Waals surface area (Å²) in [4.78, 5) is 106. The number of para-hydroxylation sites is 1. The van der Waals surface area contributed by atoms with Gasteiger partial charge in [0.1, 0.15) is 48.6 Å². The maximum Gasteiger partial charge on any atom is 0.243 e. The summed E-state index contributed by atoms with van der Waals surface area (Å²) in [6.07, 6.45) is 3.97. The summed E-state index contributed by atoms with van der Waals surface area (Å²) in [6, 6.07) is 31.6. The molecule has 20 heteroatoms. The lowest BCUT2D eigenvalue weighted by Gasteiger charge is -2.28.